The Morgan fingerprint density at radius 1 is 0.543 bits per heavy atom. The van der Waals surface area contributed by atoms with E-state index in [4.69, 9.17) is 0 Å². The lowest BCUT2D eigenvalue weighted by Gasteiger charge is -2.08. The molecular weight excluding hydrogens is 428 g/mol. The van der Waals surface area contributed by atoms with E-state index in [1.54, 1.807) is 0 Å². The van der Waals surface area contributed by atoms with Crippen LogP contribution in [0.3, 0.4) is 0 Å². The molecule has 0 radical (unpaired) electrons. The van der Waals surface area contributed by atoms with Crippen molar-refractivity contribution in [3.8, 4) is 11.5 Å². The molecule has 4 heterocycles. The Morgan fingerprint density at radius 2 is 1.17 bits per heavy atom. The van der Waals surface area contributed by atoms with Gasteiger partial charge in [-0.1, -0.05) is 30.3 Å². The van der Waals surface area contributed by atoms with E-state index in [2.05, 4.69) is 143 Å². The molecule has 0 bridgehead atoms. The van der Waals surface area contributed by atoms with Crippen molar-refractivity contribution in [3.05, 3.63) is 109 Å². The molecule has 35 heavy (non-hydrogen) atoms. The highest BCUT2D eigenvalue weighted by Gasteiger charge is 2.28. The first-order valence-electron chi connectivity index (χ1n) is 12.0. The largest absolute Gasteiger partial charge is 0.294 e. The predicted octanol–water partition coefficient (Wildman–Crippen LogP) is 5.84. The zero-order valence-electron chi connectivity index (χ0n) is 20.1. The van der Waals surface area contributed by atoms with E-state index in [1.165, 1.54) is 55.0 Å². The van der Waals surface area contributed by atoms with E-state index in [0.717, 1.165) is 5.82 Å². The number of aryl methyl sites for hydroxylation is 3. The van der Waals surface area contributed by atoms with Gasteiger partial charge in [0.15, 0.2) is 0 Å². The van der Waals surface area contributed by atoms with Gasteiger partial charge in [-0.15, -0.1) is 0 Å². The van der Waals surface area contributed by atoms with E-state index in [0.29, 0.717) is 0 Å². The fourth-order valence-electron chi connectivity index (χ4n) is 5.78. The normalized spacial score (nSPS) is 11.9. The summed E-state index contributed by atoms with van der Waals surface area (Å²) in [4.78, 5) is 0. The Labute approximate surface area is 203 Å². The third-order valence-electron chi connectivity index (χ3n) is 7.35. The number of benzene rings is 3. The van der Waals surface area contributed by atoms with Gasteiger partial charge in [-0.25, -0.2) is 9.13 Å². The van der Waals surface area contributed by atoms with Crippen LogP contribution in [0.2, 0.25) is 0 Å². The van der Waals surface area contributed by atoms with Crippen molar-refractivity contribution in [1.82, 2.24) is 9.13 Å². The quantitative estimate of drug-likeness (QED) is 0.292. The third kappa shape index (κ3) is 2.68. The zero-order valence-corrected chi connectivity index (χ0v) is 20.1. The molecule has 4 aromatic heterocycles. The number of nitrogens with zero attached hydrogens (tertiary/aromatic N) is 4. The second-order valence-electron chi connectivity index (χ2n) is 9.34. The monoisotopic (exact) mass is 454 g/mol. The third-order valence-corrected chi connectivity index (χ3v) is 7.35. The highest BCUT2D eigenvalue weighted by molar-refractivity contribution is 6.12. The van der Waals surface area contributed by atoms with Gasteiger partial charge in [-0.05, 0) is 61.5 Å². The smallest absolute Gasteiger partial charge is 0.237 e. The van der Waals surface area contributed by atoms with Crippen LogP contribution in [0.25, 0.3) is 55.2 Å². The average Bonchev–Trinajstić information content (AvgIpc) is 3.40. The first-order chi connectivity index (χ1) is 17.1. The predicted molar refractivity (Wildman–Crippen MR) is 142 cm³/mol. The lowest BCUT2D eigenvalue weighted by molar-refractivity contribution is -0.665. The van der Waals surface area contributed by atoms with Gasteiger partial charge in [0.1, 0.15) is 22.2 Å². The minimum atomic E-state index is 1.15. The minimum Gasteiger partial charge on any atom is -0.237 e. The van der Waals surface area contributed by atoms with E-state index >= 15 is 0 Å². The molecule has 4 heteroatoms. The molecule has 7 aromatic rings. The molecule has 7 rings (SSSR count). The lowest BCUT2D eigenvalue weighted by Crippen LogP contribution is -2.33. The lowest BCUT2D eigenvalue weighted by atomic mass is 10.1. The second kappa shape index (κ2) is 7.28. The molecule has 0 aliphatic carbocycles. The number of para-hydroxylation sites is 2. The van der Waals surface area contributed by atoms with Crippen molar-refractivity contribution in [2.45, 2.75) is 6.92 Å². The molecule has 0 fully saturated rings. The van der Waals surface area contributed by atoms with Crippen LogP contribution in [-0.4, -0.2) is 9.13 Å². The summed E-state index contributed by atoms with van der Waals surface area (Å²) in [7, 11) is 4.24. The summed E-state index contributed by atoms with van der Waals surface area (Å²) in [5.74, 6) is 1.15. The molecule has 3 aromatic carbocycles. The number of rotatable bonds is 2. The molecule has 0 N–H and O–H groups in total. The van der Waals surface area contributed by atoms with Crippen LogP contribution in [0, 0.1) is 6.92 Å². The standard InChI is InChI=1S/C31H26N4/c1-21-26(34-27-14-6-5-12-23(27)25-13-10-20-33(3)31(25)34)18-17-24-22-11-4-7-15-28(22)35(30(21)24)29-16-8-9-19-32(29)2/h4-20H,1-3H3/q+2. The zero-order chi connectivity index (χ0) is 23.7. The van der Waals surface area contributed by atoms with E-state index < -0.39 is 0 Å². The summed E-state index contributed by atoms with van der Waals surface area (Å²) in [6, 6.07) is 32.8. The Bertz CT molecular complexity index is 1940. The van der Waals surface area contributed by atoms with E-state index in [1.807, 2.05) is 0 Å². The van der Waals surface area contributed by atoms with Crippen molar-refractivity contribution in [3.63, 3.8) is 0 Å². The number of hydrogen-bond acceptors (Lipinski definition) is 0. The van der Waals surface area contributed by atoms with Crippen LogP contribution in [0.5, 0.6) is 0 Å². The molecule has 0 spiro atoms. The SMILES string of the molecule is Cc1c(-n2c3ccccc3c3ccc[n+](C)c32)ccc2c3ccccc3n(-c3cccc[n+]3C)c12. The fraction of sp³-hybridized carbons (Fsp3) is 0.0968. The number of hydrogen-bond donors (Lipinski definition) is 0. The number of aromatic nitrogens is 4. The summed E-state index contributed by atoms with van der Waals surface area (Å²) in [6.07, 6.45) is 4.24. The molecule has 0 aliphatic heterocycles. The molecule has 0 unspecified atom stereocenters. The van der Waals surface area contributed by atoms with Crippen molar-refractivity contribution in [2.24, 2.45) is 14.1 Å². The summed E-state index contributed by atoms with van der Waals surface area (Å²) in [6.45, 7) is 2.26. The van der Waals surface area contributed by atoms with E-state index in [9.17, 15) is 0 Å². The summed E-state index contributed by atoms with van der Waals surface area (Å²) in [5, 5.41) is 5.08. The van der Waals surface area contributed by atoms with Crippen LogP contribution in [0.15, 0.2) is 103 Å². The Balaban J connectivity index is 1.68. The maximum atomic E-state index is 2.42. The van der Waals surface area contributed by atoms with Crippen molar-refractivity contribution in [1.29, 1.82) is 0 Å². The van der Waals surface area contributed by atoms with Crippen LogP contribution >= 0.6 is 0 Å². The first kappa shape index (κ1) is 20.0. The molecular formula is C31H26N4+2. The van der Waals surface area contributed by atoms with Crippen LogP contribution in [0.1, 0.15) is 5.56 Å². The van der Waals surface area contributed by atoms with Gasteiger partial charge in [0.2, 0.25) is 0 Å². The Kier molecular flexibility index (Phi) is 4.15. The highest BCUT2D eigenvalue weighted by atomic mass is 15.1. The van der Waals surface area contributed by atoms with Gasteiger partial charge in [-0.3, -0.25) is 0 Å². The van der Waals surface area contributed by atoms with Gasteiger partial charge in [0, 0.05) is 27.8 Å². The Morgan fingerprint density at radius 3 is 1.94 bits per heavy atom. The van der Waals surface area contributed by atoms with Gasteiger partial charge < -0.3 is 0 Å². The molecule has 0 aliphatic rings. The molecule has 0 amide bonds. The maximum absolute atomic E-state index is 2.42. The van der Waals surface area contributed by atoms with Gasteiger partial charge in [0.05, 0.1) is 31.9 Å². The van der Waals surface area contributed by atoms with Gasteiger partial charge in [0.25, 0.3) is 11.5 Å². The average molecular weight is 455 g/mol. The topological polar surface area (TPSA) is 17.6 Å². The molecule has 0 saturated heterocycles. The fourth-order valence-corrected chi connectivity index (χ4v) is 5.78. The van der Waals surface area contributed by atoms with Gasteiger partial charge in [-0.2, -0.15) is 9.13 Å². The maximum Gasteiger partial charge on any atom is 0.294 e. The molecule has 0 saturated carbocycles. The molecule has 4 nitrogen and oxygen atoms in total. The number of pyridine rings is 2. The minimum absolute atomic E-state index is 1.15. The highest BCUT2D eigenvalue weighted by Crippen LogP contribution is 2.38. The Hall–Kier alpha value is -4.44. The van der Waals surface area contributed by atoms with Crippen LogP contribution in [0.4, 0.5) is 0 Å². The van der Waals surface area contributed by atoms with Crippen molar-refractivity contribution >= 4 is 43.7 Å². The summed E-state index contributed by atoms with van der Waals surface area (Å²) < 4.78 is 9.26. The molecule has 168 valence electrons. The molecule has 0 atom stereocenters. The van der Waals surface area contributed by atoms with Crippen LogP contribution < -0.4 is 9.13 Å². The summed E-state index contributed by atoms with van der Waals surface area (Å²) >= 11 is 0. The van der Waals surface area contributed by atoms with Crippen LogP contribution in [-0.2, 0) is 14.1 Å². The van der Waals surface area contributed by atoms with Crippen molar-refractivity contribution < 1.29 is 9.13 Å². The number of fused-ring (bicyclic) bond motifs is 6. The first-order valence-corrected chi connectivity index (χ1v) is 12.0. The van der Waals surface area contributed by atoms with Crippen molar-refractivity contribution in [2.75, 3.05) is 0 Å². The van der Waals surface area contributed by atoms with E-state index in [-0.39, 0.29) is 0 Å². The summed E-state index contributed by atoms with van der Waals surface area (Å²) in [5.41, 5.74) is 7.35. The van der Waals surface area contributed by atoms with Gasteiger partial charge >= 0.3 is 0 Å². The second-order valence-corrected chi connectivity index (χ2v) is 9.34.